The van der Waals surface area contributed by atoms with Gasteiger partial charge in [0.05, 0.1) is 0 Å². The van der Waals surface area contributed by atoms with Gasteiger partial charge in [-0.1, -0.05) is 0 Å². The van der Waals surface area contributed by atoms with E-state index in [-0.39, 0.29) is 0 Å². The number of carbonyl (C=O) groups excluding carboxylic acids is 1. The van der Waals surface area contributed by atoms with E-state index >= 15 is 0 Å². The quantitative estimate of drug-likeness (QED) is 0.375. The predicted octanol–water partition coefficient (Wildman–Crippen LogP) is -0.769. The van der Waals surface area contributed by atoms with Crippen LogP contribution in [0.1, 0.15) is 6.92 Å². The lowest BCUT2D eigenvalue weighted by Crippen LogP contribution is -2.18. The second-order valence-corrected chi connectivity index (χ2v) is 6.47. The second-order valence-electron chi connectivity index (χ2n) is 2.46. The number of hydrogen-bond acceptors (Lipinski definition) is 4. The molecule has 8 nitrogen and oxygen atoms in total. The first-order chi connectivity index (χ1) is 6.05. The molecule has 0 aliphatic rings. The number of carbonyl (C=O) groups is 1. The van der Waals surface area contributed by atoms with Crippen LogP contribution in [0.15, 0.2) is 0 Å². The van der Waals surface area contributed by atoms with Crippen LogP contribution in [0, 0.1) is 0 Å². The lowest BCUT2D eigenvalue weighted by atomic mass is 10.8. The van der Waals surface area contributed by atoms with E-state index in [4.69, 9.17) is 19.6 Å². The molecule has 0 heterocycles. The van der Waals surface area contributed by atoms with Crippen molar-refractivity contribution in [2.75, 3.05) is 6.61 Å². The predicted molar refractivity (Wildman–Crippen MR) is 44.5 cm³/mol. The maximum Gasteiger partial charge on any atom is 0.344 e. The van der Waals surface area contributed by atoms with Crippen LogP contribution in [0.5, 0.6) is 0 Å². The molecule has 0 bridgehead atoms. The van der Waals surface area contributed by atoms with Crippen LogP contribution in [-0.4, -0.2) is 37.5 Å². The van der Waals surface area contributed by atoms with Crippen LogP contribution < -0.4 is 0 Å². The van der Waals surface area contributed by atoms with Crippen molar-refractivity contribution in [3.05, 3.63) is 0 Å². The van der Waals surface area contributed by atoms with E-state index in [0.29, 0.717) is 0 Å². The van der Waals surface area contributed by atoms with Gasteiger partial charge in [-0.05, 0) is 0 Å². The van der Waals surface area contributed by atoms with Crippen molar-refractivity contribution in [2.45, 2.75) is 12.3 Å². The summed E-state index contributed by atoms with van der Waals surface area (Å²) in [4.78, 5) is 44.5. The molecule has 0 aliphatic heterocycles. The van der Waals surface area contributed by atoms with E-state index in [1.165, 1.54) is 0 Å². The lowest BCUT2D eigenvalue weighted by molar-refractivity contribution is -0.140. The molecule has 0 atom stereocenters. The smallest absolute Gasteiger partial charge is 0.344 e. The molecule has 0 spiro atoms. The van der Waals surface area contributed by atoms with Crippen molar-refractivity contribution in [2.24, 2.45) is 0 Å². The average molecular weight is 248 g/mol. The van der Waals surface area contributed by atoms with Gasteiger partial charge in [0.2, 0.25) is 0 Å². The Morgan fingerprint density at radius 3 is 1.79 bits per heavy atom. The molecule has 0 rings (SSSR count). The molecule has 0 radical (unpaired) electrons. The normalized spacial score (nSPS) is 13.0. The van der Waals surface area contributed by atoms with Gasteiger partial charge in [0.25, 0.3) is 0 Å². The Balaban J connectivity index is 4.69. The van der Waals surface area contributed by atoms with Gasteiger partial charge in [-0.15, -0.1) is 0 Å². The summed E-state index contributed by atoms with van der Waals surface area (Å²) < 4.78 is 25.3. The number of hydrogen-bond donors (Lipinski definition) is 4. The fraction of sp³-hybridized carbons (Fsp3) is 0.750. The molecule has 0 fully saturated rings. The molecule has 84 valence electrons. The molecular weight excluding hydrogens is 238 g/mol. The highest BCUT2D eigenvalue weighted by Crippen LogP contribution is 2.59. The van der Waals surface area contributed by atoms with E-state index in [9.17, 15) is 13.9 Å². The summed E-state index contributed by atoms with van der Waals surface area (Å²) >= 11 is 0. The van der Waals surface area contributed by atoms with Crippen LogP contribution in [0.3, 0.4) is 0 Å². The minimum atomic E-state index is -4.99. The molecule has 0 aromatic carbocycles. The third kappa shape index (κ3) is 4.85. The summed E-state index contributed by atoms with van der Waals surface area (Å²) in [6.45, 7) is -0.0553. The van der Waals surface area contributed by atoms with Crippen molar-refractivity contribution < 1.29 is 38.2 Å². The molecular formula is C4H10O8P2. The zero-order valence-corrected chi connectivity index (χ0v) is 8.89. The van der Waals surface area contributed by atoms with Crippen molar-refractivity contribution in [1.82, 2.24) is 0 Å². The van der Waals surface area contributed by atoms with Crippen molar-refractivity contribution in [3.8, 4) is 0 Å². The van der Waals surface area contributed by atoms with Crippen LogP contribution in [0.4, 0.5) is 0 Å². The average Bonchev–Trinajstić information content (AvgIpc) is 1.78. The maximum absolute atomic E-state index is 10.6. The summed E-state index contributed by atoms with van der Waals surface area (Å²) in [6, 6.07) is 0. The molecule has 0 saturated heterocycles. The molecule has 14 heavy (non-hydrogen) atoms. The fourth-order valence-corrected chi connectivity index (χ4v) is 2.69. The molecule has 0 saturated carbocycles. The third-order valence-corrected chi connectivity index (χ3v) is 4.87. The molecule has 0 amide bonds. The van der Waals surface area contributed by atoms with Crippen molar-refractivity contribution >= 4 is 21.2 Å². The summed E-state index contributed by atoms with van der Waals surface area (Å²) in [5.41, 5.74) is 0. The number of esters is 1. The third-order valence-electron chi connectivity index (χ3n) is 1.21. The molecule has 0 aromatic heterocycles. The minimum absolute atomic E-state index is 0.878. The monoisotopic (exact) mass is 248 g/mol. The minimum Gasteiger partial charge on any atom is -0.464 e. The van der Waals surface area contributed by atoms with Crippen LogP contribution in [0.25, 0.3) is 0 Å². The Labute approximate surface area is 79.2 Å². The van der Waals surface area contributed by atoms with Gasteiger partial charge in [0.1, 0.15) is 6.61 Å². The van der Waals surface area contributed by atoms with E-state index < -0.39 is 33.2 Å². The van der Waals surface area contributed by atoms with Gasteiger partial charge in [0.15, 0.2) is 5.40 Å². The highest BCUT2D eigenvalue weighted by atomic mass is 31.2. The number of ether oxygens (including phenoxy) is 1. The van der Waals surface area contributed by atoms with Gasteiger partial charge in [-0.25, -0.2) is 0 Å². The molecule has 4 N–H and O–H groups in total. The van der Waals surface area contributed by atoms with E-state index in [0.717, 1.165) is 6.92 Å². The summed E-state index contributed by atoms with van der Waals surface area (Å²) in [7, 11) is -9.99. The first-order valence-electron chi connectivity index (χ1n) is 3.29. The van der Waals surface area contributed by atoms with Gasteiger partial charge in [0, 0.05) is 6.92 Å². The standard InChI is InChI=1S/C4H10O8P2/c1-3(5)12-2-4(13(6,7)8)14(9,10)11/h4H,2H2,1H3,(H2,6,7,8)(H2,9,10,11). The molecule has 0 aliphatic carbocycles. The fourth-order valence-electron chi connectivity index (χ4n) is 0.582. The van der Waals surface area contributed by atoms with Crippen LogP contribution in [0.2, 0.25) is 0 Å². The highest BCUT2D eigenvalue weighted by Gasteiger charge is 2.44. The van der Waals surface area contributed by atoms with Crippen molar-refractivity contribution in [3.63, 3.8) is 0 Å². The van der Waals surface area contributed by atoms with Gasteiger partial charge >= 0.3 is 21.2 Å². The first-order valence-corrected chi connectivity index (χ1v) is 6.65. The summed E-state index contributed by atoms with van der Waals surface area (Å²) in [5, 5.41) is -2.29. The zero-order valence-electron chi connectivity index (χ0n) is 7.10. The molecule has 0 aromatic rings. The van der Waals surface area contributed by atoms with E-state index in [1.54, 1.807) is 0 Å². The Morgan fingerprint density at radius 2 is 1.57 bits per heavy atom. The Kier molecular flexibility index (Phi) is 4.45. The van der Waals surface area contributed by atoms with Crippen LogP contribution >= 0.6 is 15.2 Å². The second kappa shape index (κ2) is 4.53. The lowest BCUT2D eigenvalue weighted by Gasteiger charge is -2.18. The summed E-state index contributed by atoms with van der Waals surface area (Å²) in [6.07, 6.45) is 0. The Morgan fingerprint density at radius 1 is 1.21 bits per heavy atom. The number of rotatable bonds is 4. The van der Waals surface area contributed by atoms with Crippen LogP contribution in [-0.2, 0) is 18.7 Å². The largest absolute Gasteiger partial charge is 0.464 e. The topological polar surface area (TPSA) is 141 Å². The van der Waals surface area contributed by atoms with E-state index in [2.05, 4.69) is 4.74 Å². The Hall–Kier alpha value is -0.230. The Bertz CT molecular complexity index is 276. The van der Waals surface area contributed by atoms with Gasteiger partial charge in [-0.3, -0.25) is 13.9 Å². The molecule has 0 unspecified atom stereocenters. The SMILES string of the molecule is CC(=O)OCC(P(=O)(O)O)P(=O)(O)O. The highest BCUT2D eigenvalue weighted by molar-refractivity contribution is 7.70. The summed E-state index contributed by atoms with van der Waals surface area (Å²) in [5.74, 6) is -0.878. The first kappa shape index (κ1) is 13.8. The maximum atomic E-state index is 10.6. The van der Waals surface area contributed by atoms with Gasteiger partial charge < -0.3 is 24.3 Å². The van der Waals surface area contributed by atoms with Crippen molar-refractivity contribution in [1.29, 1.82) is 0 Å². The zero-order chi connectivity index (χ0) is 11.6. The molecule has 10 heteroatoms. The van der Waals surface area contributed by atoms with E-state index in [1.807, 2.05) is 0 Å². The van der Waals surface area contributed by atoms with Gasteiger partial charge in [-0.2, -0.15) is 0 Å².